The minimum atomic E-state index is 1.11. The van der Waals surface area contributed by atoms with Crippen LogP contribution in [0, 0.1) is 6.92 Å². The monoisotopic (exact) mass is 257 g/mol. The molecule has 2 heterocycles. The fourth-order valence-electron chi connectivity index (χ4n) is 1.77. The first-order valence-corrected chi connectivity index (χ1v) is 7.16. The molecule has 2 aromatic heterocycles. The molecule has 0 N–H and O–H groups in total. The predicted octanol–water partition coefficient (Wildman–Crippen LogP) is 4.85. The number of nitrogens with zero attached hydrogens (tertiary/aromatic N) is 1. The van der Waals surface area contributed by atoms with E-state index in [2.05, 4.69) is 48.0 Å². The summed E-state index contributed by atoms with van der Waals surface area (Å²) in [5.41, 5.74) is 3.53. The molecule has 0 amide bonds. The third-order valence-electron chi connectivity index (χ3n) is 2.61. The molecule has 1 nitrogen and oxygen atoms in total. The van der Waals surface area contributed by atoms with Gasteiger partial charge < -0.3 is 0 Å². The van der Waals surface area contributed by atoms with Crippen LogP contribution in [0.3, 0.4) is 0 Å². The first kappa shape index (κ1) is 10.7. The molecular weight excluding hydrogens is 246 g/mol. The SMILES string of the molecule is Cc1sc(-c2ccsc2)nc1-c1ccccc1. The summed E-state index contributed by atoms with van der Waals surface area (Å²) in [6, 6.07) is 12.5. The van der Waals surface area contributed by atoms with Gasteiger partial charge in [0.15, 0.2) is 0 Å². The molecule has 3 aromatic rings. The molecule has 0 radical (unpaired) electrons. The minimum absolute atomic E-state index is 1.11. The van der Waals surface area contributed by atoms with Crippen LogP contribution in [0.4, 0.5) is 0 Å². The second-order valence-corrected chi connectivity index (χ2v) is 5.79. The van der Waals surface area contributed by atoms with Crippen molar-refractivity contribution in [1.29, 1.82) is 0 Å². The molecule has 0 aliphatic rings. The number of benzene rings is 1. The summed E-state index contributed by atoms with van der Waals surface area (Å²) < 4.78 is 0. The minimum Gasteiger partial charge on any atom is -0.236 e. The molecule has 0 spiro atoms. The highest BCUT2D eigenvalue weighted by atomic mass is 32.1. The predicted molar refractivity (Wildman–Crippen MR) is 75.6 cm³/mol. The van der Waals surface area contributed by atoms with Crippen molar-refractivity contribution in [1.82, 2.24) is 4.98 Å². The van der Waals surface area contributed by atoms with E-state index in [0.717, 1.165) is 10.7 Å². The Bertz CT molecular complexity index is 609. The van der Waals surface area contributed by atoms with Crippen LogP contribution < -0.4 is 0 Å². The molecule has 0 atom stereocenters. The van der Waals surface area contributed by atoms with Gasteiger partial charge in [0.1, 0.15) is 5.01 Å². The van der Waals surface area contributed by atoms with Gasteiger partial charge >= 0.3 is 0 Å². The van der Waals surface area contributed by atoms with Gasteiger partial charge in [-0.05, 0) is 18.4 Å². The summed E-state index contributed by atoms with van der Waals surface area (Å²) in [4.78, 5) is 6.02. The first-order chi connectivity index (χ1) is 8.34. The molecule has 17 heavy (non-hydrogen) atoms. The van der Waals surface area contributed by atoms with Gasteiger partial charge in [-0.25, -0.2) is 4.98 Å². The Morgan fingerprint density at radius 1 is 1.00 bits per heavy atom. The van der Waals surface area contributed by atoms with Gasteiger partial charge in [0, 0.05) is 21.4 Å². The van der Waals surface area contributed by atoms with E-state index >= 15 is 0 Å². The molecule has 0 saturated heterocycles. The van der Waals surface area contributed by atoms with E-state index in [0.29, 0.717) is 0 Å². The van der Waals surface area contributed by atoms with E-state index < -0.39 is 0 Å². The zero-order chi connectivity index (χ0) is 11.7. The summed E-state index contributed by atoms with van der Waals surface area (Å²) in [5.74, 6) is 0. The Kier molecular flexibility index (Phi) is 2.79. The molecule has 1 aromatic carbocycles. The summed E-state index contributed by atoms with van der Waals surface area (Å²) in [6.07, 6.45) is 0. The fourth-order valence-corrected chi connectivity index (χ4v) is 3.42. The number of aryl methyl sites for hydroxylation is 1. The maximum atomic E-state index is 4.75. The average Bonchev–Trinajstić information content (AvgIpc) is 2.99. The molecule has 0 bridgehead atoms. The second kappa shape index (κ2) is 4.43. The molecule has 0 aliphatic carbocycles. The van der Waals surface area contributed by atoms with Gasteiger partial charge in [-0.2, -0.15) is 11.3 Å². The highest BCUT2D eigenvalue weighted by Crippen LogP contribution is 2.33. The maximum absolute atomic E-state index is 4.75. The summed E-state index contributed by atoms with van der Waals surface area (Å²) in [7, 11) is 0. The van der Waals surface area contributed by atoms with Crippen molar-refractivity contribution in [2.75, 3.05) is 0 Å². The van der Waals surface area contributed by atoms with Crippen LogP contribution in [0.25, 0.3) is 21.8 Å². The van der Waals surface area contributed by atoms with Crippen molar-refractivity contribution < 1.29 is 0 Å². The van der Waals surface area contributed by atoms with Gasteiger partial charge in [-0.3, -0.25) is 0 Å². The lowest BCUT2D eigenvalue weighted by atomic mass is 10.1. The topological polar surface area (TPSA) is 12.9 Å². The zero-order valence-corrected chi connectivity index (χ0v) is 11.0. The number of aromatic nitrogens is 1. The van der Waals surface area contributed by atoms with Gasteiger partial charge in [-0.15, -0.1) is 11.3 Å². The standard InChI is InChI=1S/C14H11NS2/c1-10-13(11-5-3-2-4-6-11)15-14(17-10)12-7-8-16-9-12/h2-9H,1H3. The van der Waals surface area contributed by atoms with Crippen molar-refractivity contribution >= 4 is 22.7 Å². The zero-order valence-electron chi connectivity index (χ0n) is 9.38. The van der Waals surface area contributed by atoms with E-state index in [1.54, 1.807) is 22.7 Å². The molecule has 0 fully saturated rings. The highest BCUT2D eigenvalue weighted by molar-refractivity contribution is 7.16. The lowest BCUT2D eigenvalue weighted by molar-refractivity contribution is 1.38. The van der Waals surface area contributed by atoms with Crippen LogP contribution >= 0.6 is 22.7 Å². The smallest absolute Gasteiger partial charge is 0.125 e. The quantitative estimate of drug-likeness (QED) is 0.639. The van der Waals surface area contributed by atoms with Crippen LogP contribution in [-0.4, -0.2) is 4.98 Å². The molecular formula is C14H11NS2. The van der Waals surface area contributed by atoms with E-state index in [1.165, 1.54) is 16.0 Å². The Hall–Kier alpha value is -1.45. The van der Waals surface area contributed by atoms with Crippen molar-refractivity contribution in [2.24, 2.45) is 0 Å². The van der Waals surface area contributed by atoms with Crippen LogP contribution in [0.2, 0.25) is 0 Å². The lowest BCUT2D eigenvalue weighted by Gasteiger charge is -1.96. The van der Waals surface area contributed by atoms with E-state index in [-0.39, 0.29) is 0 Å². The summed E-state index contributed by atoms with van der Waals surface area (Å²) in [6.45, 7) is 2.13. The summed E-state index contributed by atoms with van der Waals surface area (Å²) >= 11 is 3.47. The Morgan fingerprint density at radius 3 is 2.53 bits per heavy atom. The van der Waals surface area contributed by atoms with Gasteiger partial charge in [0.25, 0.3) is 0 Å². The van der Waals surface area contributed by atoms with Crippen molar-refractivity contribution in [2.45, 2.75) is 6.92 Å². The Balaban J connectivity index is 2.08. The normalized spacial score (nSPS) is 10.6. The van der Waals surface area contributed by atoms with E-state index in [9.17, 15) is 0 Å². The molecule has 3 heteroatoms. The van der Waals surface area contributed by atoms with Crippen molar-refractivity contribution in [3.05, 3.63) is 52.0 Å². The number of hydrogen-bond acceptors (Lipinski definition) is 3. The molecule has 0 saturated carbocycles. The van der Waals surface area contributed by atoms with Crippen LogP contribution in [-0.2, 0) is 0 Å². The number of hydrogen-bond donors (Lipinski definition) is 0. The number of thiophene rings is 1. The van der Waals surface area contributed by atoms with Gasteiger partial charge in [0.2, 0.25) is 0 Å². The number of thiazole rings is 1. The summed E-state index contributed by atoms with van der Waals surface area (Å²) in [5, 5.41) is 5.35. The van der Waals surface area contributed by atoms with Crippen LogP contribution in [0.15, 0.2) is 47.2 Å². The average molecular weight is 257 g/mol. The third kappa shape index (κ3) is 2.04. The maximum Gasteiger partial charge on any atom is 0.125 e. The first-order valence-electron chi connectivity index (χ1n) is 5.40. The largest absolute Gasteiger partial charge is 0.236 e. The highest BCUT2D eigenvalue weighted by Gasteiger charge is 2.10. The molecule has 0 aliphatic heterocycles. The molecule has 84 valence electrons. The number of rotatable bonds is 2. The van der Waals surface area contributed by atoms with Gasteiger partial charge in [0.05, 0.1) is 5.69 Å². The van der Waals surface area contributed by atoms with Crippen molar-refractivity contribution in [3.63, 3.8) is 0 Å². The van der Waals surface area contributed by atoms with Crippen LogP contribution in [0.5, 0.6) is 0 Å². The molecule has 0 unspecified atom stereocenters. The fraction of sp³-hybridized carbons (Fsp3) is 0.0714. The van der Waals surface area contributed by atoms with E-state index in [1.807, 2.05) is 6.07 Å². The Labute approximate surface area is 108 Å². The van der Waals surface area contributed by atoms with Gasteiger partial charge in [-0.1, -0.05) is 30.3 Å². The van der Waals surface area contributed by atoms with Crippen LogP contribution in [0.1, 0.15) is 4.88 Å². The lowest BCUT2D eigenvalue weighted by Crippen LogP contribution is -1.79. The molecule has 3 rings (SSSR count). The van der Waals surface area contributed by atoms with Crippen molar-refractivity contribution in [3.8, 4) is 21.8 Å². The van der Waals surface area contributed by atoms with E-state index in [4.69, 9.17) is 4.98 Å². The third-order valence-corrected chi connectivity index (χ3v) is 4.32. The second-order valence-electron chi connectivity index (χ2n) is 3.80. The Morgan fingerprint density at radius 2 is 1.82 bits per heavy atom.